The number of anilines is 1. The molecule has 0 aliphatic rings. The van der Waals surface area contributed by atoms with Crippen LogP contribution in [0.5, 0.6) is 0 Å². The number of rotatable bonds is 7. The average molecular weight is 281 g/mol. The van der Waals surface area contributed by atoms with Gasteiger partial charge in [0.05, 0.1) is 0 Å². The van der Waals surface area contributed by atoms with Gasteiger partial charge in [0.25, 0.3) is 0 Å². The van der Waals surface area contributed by atoms with Crippen LogP contribution in [-0.2, 0) is 6.54 Å². The fourth-order valence-electron chi connectivity index (χ4n) is 2.41. The van der Waals surface area contributed by atoms with Crippen molar-refractivity contribution in [2.75, 3.05) is 11.4 Å². The Labute approximate surface area is 126 Å². The van der Waals surface area contributed by atoms with E-state index in [9.17, 15) is 0 Å². The predicted molar refractivity (Wildman–Crippen MR) is 89.9 cm³/mol. The summed E-state index contributed by atoms with van der Waals surface area (Å²) in [7, 11) is 0. The highest BCUT2D eigenvalue weighted by molar-refractivity contribution is 5.96. The van der Waals surface area contributed by atoms with Gasteiger partial charge in [-0.15, -0.1) is 0 Å². The van der Waals surface area contributed by atoms with Crippen molar-refractivity contribution in [1.29, 1.82) is 5.41 Å². The topological polar surface area (TPSA) is 53.1 Å². The number of unbranched alkanes of at least 4 members (excludes halogenated alkanes) is 1. The third kappa shape index (κ3) is 4.09. The molecule has 21 heavy (non-hydrogen) atoms. The van der Waals surface area contributed by atoms with Crippen LogP contribution in [0.4, 0.5) is 5.69 Å². The first-order valence-electron chi connectivity index (χ1n) is 7.44. The lowest BCUT2D eigenvalue weighted by molar-refractivity contribution is 0.715. The maximum Gasteiger partial charge on any atom is 0.123 e. The molecule has 2 aromatic rings. The molecule has 110 valence electrons. The molecule has 0 saturated carbocycles. The van der Waals surface area contributed by atoms with E-state index in [1.54, 1.807) is 0 Å². The lowest BCUT2D eigenvalue weighted by Crippen LogP contribution is -2.25. The van der Waals surface area contributed by atoms with Gasteiger partial charge in [0.1, 0.15) is 5.84 Å². The maximum atomic E-state index is 7.72. The molecule has 0 unspecified atom stereocenters. The molecule has 0 radical (unpaired) electrons. The van der Waals surface area contributed by atoms with E-state index in [4.69, 9.17) is 11.1 Å². The molecule has 2 aromatic carbocycles. The smallest absolute Gasteiger partial charge is 0.123 e. The van der Waals surface area contributed by atoms with Gasteiger partial charge in [-0.25, -0.2) is 0 Å². The zero-order chi connectivity index (χ0) is 15.1. The van der Waals surface area contributed by atoms with Gasteiger partial charge in [-0.3, -0.25) is 5.41 Å². The van der Waals surface area contributed by atoms with Gasteiger partial charge in [0.2, 0.25) is 0 Å². The van der Waals surface area contributed by atoms with Crippen molar-refractivity contribution in [3.05, 3.63) is 65.7 Å². The van der Waals surface area contributed by atoms with Crippen LogP contribution in [0.2, 0.25) is 0 Å². The molecule has 0 saturated heterocycles. The number of para-hydroxylation sites is 1. The predicted octanol–water partition coefficient (Wildman–Crippen LogP) is 3.78. The number of nitrogens with one attached hydrogen (secondary N) is 1. The molecular formula is C18H23N3. The number of nitrogen functional groups attached to an aromatic ring is 1. The van der Waals surface area contributed by atoms with Crippen molar-refractivity contribution in [3.63, 3.8) is 0 Å². The van der Waals surface area contributed by atoms with Crippen molar-refractivity contribution in [3.8, 4) is 0 Å². The lowest BCUT2D eigenvalue weighted by Gasteiger charge is -2.26. The van der Waals surface area contributed by atoms with E-state index < -0.39 is 0 Å². The van der Waals surface area contributed by atoms with E-state index in [0.29, 0.717) is 0 Å². The molecule has 0 fully saturated rings. The van der Waals surface area contributed by atoms with Crippen LogP contribution >= 0.6 is 0 Å². The normalized spacial score (nSPS) is 10.3. The van der Waals surface area contributed by atoms with E-state index in [-0.39, 0.29) is 5.84 Å². The number of benzene rings is 2. The summed E-state index contributed by atoms with van der Waals surface area (Å²) in [6.45, 7) is 3.99. The van der Waals surface area contributed by atoms with Gasteiger partial charge in [-0.2, -0.15) is 0 Å². The monoisotopic (exact) mass is 281 g/mol. The van der Waals surface area contributed by atoms with E-state index in [1.165, 1.54) is 5.69 Å². The molecule has 0 amide bonds. The third-order valence-electron chi connectivity index (χ3n) is 3.57. The molecule has 0 bridgehead atoms. The molecule has 2 rings (SSSR count). The van der Waals surface area contributed by atoms with Gasteiger partial charge >= 0.3 is 0 Å². The zero-order valence-corrected chi connectivity index (χ0v) is 12.5. The molecule has 0 heterocycles. The van der Waals surface area contributed by atoms with Crippen LogP contribution in [-0.4, -0.2) is 12.4 Å². The van der Waals surface area contributed by atoms with Gasteiger partial charge in [-0.05, 0) is 24.1 Å². The minimum absolute atomic E-state index is 0.133. The summed E-state index contributed by atoms with van der Waals surface area (Å²) >= 11 is 0. The summed E-state index contributed by atoms with van der Waals surface area (Å²) < 4.78 is 0. The highest BCUT2D eigenvalue weighted by atomic mass is 15.1. The summed E-state index contributed by atoms with van der Waals surface area (Å²) in [5, 5.41) is 7.72. The van der Waals surface area contributed by atoms with Crippen molar-refractivity contribution >= 4 is 11.5 Å². The minimum atomic E-state index is 0.133. The minimum Gasteiger partial charge on any atom is -0.384 e. The van der Waals surface area contributed by atoms with Crippen LogP contribution in [0, 0.1) is 5.41 Å². The zero-order valence-electron chi connectivity index (χ0n) is 12.5. The average Bonchev–Trinajstić information content (AvgIpc) is 2.52. The van der Waals surface area contributed by atoms with Crippen molar-refractivity contribution in [1.82, 2.24) is 0 Å². The molecular weight excluding hydrogens is 258 g/mol. The second kappa shape index (κ2) is 7.48. The summed E-state index contributed by atoms with van der Waals surface area (Å²) in [6.07, 6.45) is 2.31. The SMILES string of the molecule is CCCCN(Cc1ccccc1C(=N)N)c1ccccc1. The Morgan fingerprint density at radius 1 is 1.05 bits per heavy atom. The summed E-state index contributed by atoms with van der Waals surface area (Å²) in [4.78, 5) is 2.35. The van der Waals surface area contributed by atoms with E-state index in [1.807, 2.05) is 24.3 Å². The highest BCUT2D eigenvalue weighted by Gasteiger charge is 2.10. The summed E-state index contributed by atoms with van der Waals surface area (Å²) in [6, 6.07) is 18.3. The van der Waals surface area contributed by atoms with Crippen molar-refractivity contribution in [2.45, 2.75) is 26.3 Å². The van der Waals surface area contributed by atoms with Crippen LogP contribution < -0.4 is 10.6 Å². The Morgan fingerprint density at radius 3 is 2.38 bits per heavy atom. The number of hydrogen-bond acceptors (Lipinski definition) is 2. The first-order chi connectivity index (χ1) is 10.2. The molecule has 0 aliphatic carbocycles. The second-order valence-electron chi connectivity index (χ2n) is 5.18. The van der Waals surface area contributed by atoms with Crippen molar-refractivity contribution < 1.29 is 0 Å². The standard InChI is InChI=1S/C18H23N3/c1-2-3-13-21(16-10-5-4-6-11-16)14-15-9-7-8-12-17(15)18(19)20/h4-12H,2-3,13-14H2,1H3,(H3,19,20). The molecule has 0 atom stereocenters. The lowest BCUT2D eigenvalue weighted by atomic mass is 10.1. The van der Waals surface area contributed by atoms with Gasteiger partial charge in [0, 0.05) is 24.3 Å². The number of amidine groups is 1. The van der Waals surface area contributed by atoms with E-state index >= 15 is 0 Å². The number of nitrogens with two attached hydrogens (primary N) is 1. The third-order valence-corrected chi connectivity index (χ3v) is 3.57. The van der Waals surface area contributed by atoms with E-state index in [0.717, 1.165) is 37.1 Å². The van der Waals surface area contributed by atoms with Crippen LogP contribution in [0.1, 0.15) is 30.9 Å². The van der Waals surface area contributed by atoms with Crippen LogP contribution in [0.25, 0.3) is 0 Å². The molecule has 0 aliphatic heterocycles. The quantitative estimate of drug-likeness (QED) is 0.599. The molecule has 3 nitrogen and oxygen atoms in total. The highest BCUT2D eigenvalue weighted by Crippen LogP contribution is 2.19. The Hall–Kier alpha value is -2.29. The van der Waals surface area contributed by atoms with Gasteiger partial charge in [0.15, 0.2) is 0 Å². The molecule has 0 spiro atoms. The summed E-state index contributed by atoms with van der Waals surface area (Å²) in [5.41, 5.74) is 8.84. The van der Waals surface area contributed by atoms with Crippen molar-refractivity contribution in [2.24, 2.45) is 5.73 Å². The Balaban J connectivity index is 2.25. The van der Waals surface area contributed by atoms with E-state index in [2.05, 4.69) is 42.2 Å². The van der Waals surface area contributed by atoms with Crippen LogP contribution in [0.3, 0.4) is 0 Å². The first-order valence-corrected chi connectivity index (χ1v) is 7.44. The summed E-state index contributed by atoms with van der Waals surface area (Å²) in [5.74, 6) is 0.133. The fraction of sp³-hybridized carbons (Fsp3) is 0.278. The molecule has 3 heteroatoms. The second-order valence-corrected chi connectivity index (χ2v) is 5.18. The number of hydrogen-bond donors (Lipinski definition) is 2. The molecule has 0 aromatic heterocycles. The number of nitrogens with zero attached hydrogens (tertiary/aromatic N) is 1. The maximum absolute atomic E-state index is 7.72. The Kier molecular flexibility index (Phi) is 5.38. The molecule has 3 N–H and O–H groups in total. The largest absolute Gasteiger partial charge is 0.384 e. The Morgan fingerprint density at radius 2 is 1.71 bits per heavy atom. The van der Waals surface area contributed by atoms with Crippen LogP contribution in [0.15, 0.2) is 54.6 Å². The fourth-order valence-corrected chi connectivity index (χ4v) is 2.41. The first kappa shape index (κ1) is 15.1. The Bertz CT molecular complexity index is 578. The van der Waals surface area contributed by atoms with Gasteiger partial charge in [-0.1, -0.05) is 55.8 Å². The van der Waals surface area contributed by atoms with Gasteiger partial charge < -0.3 is 10.6 Å².